The van der Waals surface area contributed by atoms with Gasteiger partial charge in [0.15, 0.2) is 0 Å². The Morgan fingerprint density at radius 3 is 2.62 bits per heavy atom. The highest BCUT2D eigenvalue weighted by molar-refractivity contribution is 5.16. The van der Waals surface area contributed by atoms with Gasteiger partial charge in [-0.05, 0) is 18.9 Å². The standard InChI is InChI=1S/C13H17N3/c1-3-7-13-11(2)16(15-14-13)10-12-8-5-4-6-9-12/h4-6,8-9H,3,7,10H2,1-2H3. The van der Waals surface area contributed by atoms with Gasteiger partial charge in [-0.25, -0.2) is 4.68 Å². The Hall–Kier alpha value is -1.64. The molecule has 0 aliphatic rings. The molecular formula is C13H17N3. The summed E-state index contributed by atoms with van der Waals surface area (Å²) >= 11 is 0. The van der Waals surface area contributed by atoms with Crippen LogP contribution in [0.2, 0.25) is 0 Å². The van der Waals surface area contributed by atoms with Crippen LogP contribution in [-0.4, -0.2) is 15.0 Å². The largest absolute Gasteiger partial charge is 0.245 e. The van der Waals surface area contributed by atoms with Crippen LogP contribution in [0.15, 0.2) is 30.3 Å². The van der Waals surface area contributed by atoms with E-state index in [1.807, 2.05) is 10.7 Å². The molecule has 0 saturated heterocycles. The van der Waals surface area contributed by atoms with Crippen molar-refractivity contribution in [3.05, 3.63) is 47.3 Å². The molecule has 84 valence electrons. The summed E-state index contributed by atoms with van der Waals surface area (Å²) in [5, 5.41) is 8.41. The molecule has 0 aliphatic heterocycles. The molecule has 0 unspecified atom stereocenters. The minimum absolute atomic E-state index is 0.809. The van der Waals surface area contributed by atoms with E-state index in [1.54, 1.807) is 0 Å². The lowest BCUT2D eigenvalue weighted by Crippen LogP contribution is -2.04. The first kappa shape index (κ1) is 10.9. The van der Waals surface area contributed by atoms with Crippen molar-refractivity contribution in [1.82, 2.24) is 15.0 Å². The Kier molecular flexibility index (Phi) is 3.34. The van der Waals surface area contributed by atoms with Gasteiger partial charge in [0.1, 0.15) is 0 Å². The van der Waals surface area contributed by atoms with Crippen molar-refractivity contribution in [3.8, 4) is 0 Å². The van der Waals surface area contributed by atoms with E-state index < -0.39 is 0 Å². The minimum Gasteiger partial charge on any atom is -0.245 e. The molecule has 1 aromatic heterocycles. The molecule has 0 aliphatic carbocycles. The Balaban J connectivity index is 2.16. The highest BCUT2D eigenvalue weighted by Crippen LogP contribution is 2.09. The zero-order valence-electron chi connectivity index (χ0n) is 9.85. The fourth-order valence-electron chi connectivity index (χ4n) is 1.77. The maximum atomic E-state index is 4.21. The zero-order valence-corrected chi connectivity index (χ0v) is 9.85. The van der Waals surface area contributed by atoms with Gasteiger partial charge < -0.3 is 0 Å². The summed E-state index contributed by atoms with van der Waals surface area (Å²) < 4.78 is 1.97. The molecule has 0 N–H and O–H groups in total. The lowest BCUT2D eigenvalue weighted by Gasteiger charge is -2.03. The molecule has 0 amide bonds. The fraction of sp³-hybridized carbons (Fsp3) is 0.385. The molecule has 16 heavy (non-hydrogen) atoms. The molecule has 3 heteroatoms. The van der Waals surface area contributed by atoms with E-state index in [0.717, 1.165) is 25.1 Å². The normalized spacial score (nSPS) is 10.6. The summed E-state index contributed by atoms with van der Waals surface area (Å²) in [4.78, 5) is 0. The summed E-state index contributed by atoms with van der Waals surface area (Å²) in [5.74, 6) is 0. The van der Waals surface area contributed by atoms with Gasteiger partial charge >= 0.3 is 0 Å². The van der Waals surface area contributed by atoms with Crippen LogP contribution in [0.3, 0.4) is 0 Å². The SMILES string of the molecule is CCCc1nnn(Cc2ccccc2)c1C. The van der Waals surface area contributed by atoms with E-state index >= 15 is 0 Å². The average molecular weight is 215 g/mol. The van der Waals surface area contributed by atoms with Crippen LogP contribution in [0.1, 0.15) is 30.3 Å². The fourth-order valence-corrected chi connectivity index (χ4v) is 1.77. The third kappa shape index (κ3) is 2.30. The van der Waals surface area contributed by atoms with Crippen LogP contribution in [0, 0.1) is 6.92 Å². The third-order valence-electron chi connectivity index (χ3n) is 2.74. The lowest BCUT2D eigenvalue weighted by molar-refractivity contribution is 0.633. The van der Waals surface area contributed by atoms with Crippen molar-refractivity contribution >= 4 is 0 Å². The summed E-state index contributed by atoms with van der Waals surface area (Å²) in [7, 11) is 0. The minimum atomic E-state index is 0.809. The van der Waals surface area contributed by atoms with Gasteiger partial charge in [-0.3, -0.25) is 0 Å². The van der Waals surface area contributed by atoms with Gasteiger partial charge in [0.05, 0.1) is 17.9 Å². The smallest absolute Gasteiger partial charge is 0.0856 e. The first-order valence-corrected chi connectivity index (χ1v) is 5.74. The molecule has 0 spiro atoms. The Bertz CT molecular complexity index is 445. The molecule has 2 rings (SSSR count). The molecule has 0 radical (unpaired) electrons. The highest BCUT2D eigenvalue weighted by atomic mass is 15.4. The predicted octanol–water partition coefficient (Wildman–Crippen LogP) is 2.59. The molecular weight excluding hydrogens is 198 g/mol. The van der Waals surface area contributed by atoms with E-state index in [-0.39, 0.29) is 0 Å². The van der Waals surface area contributed by atoms with Crippen molar-refractivity contribution < 1.29 is 0 Å². The lowest BCUT2D eigenvalue weighted by atomic mass is 10.2. The molecule has 1 heterocycles. The second-order valence-corrected chi connectivity index (χ2v) is 4.01. The van der Waals surface area contributed by atoms with Gasteiger partial charge in [0, 0.05) is 0 Å². The number of aromatic nitrogens is 3. The van der Waals surface area contributed by atoms with Gasteiger partial charge in [-0.1, -0.05) is 48.9 Å². The quantitative estimate of drug-likeness (QED) is 0.784. The van der Waals surface area contributed by atoms with E-state index in [4.69, 9.17) is 0 Å². The van der Waals surface area contributed by atoms with Crippen molar-refractivity contribution in [2.75, 3.05) is 0 Å². The van der Waals surface area contributed by atoms with Crippen LogP contribution in [0.25, 0.3) is 0 Å². The van der Waals surface area contributed by atoms with E-state index in [1.165, 1.54) is 11.3 Å². The molecule has 2 aromatic rings. The monoisotopic (exact) mass is 215 g/mol. The van der Waals surface area contributed by atoms with Crippen molar-refractivity contribution in [2.45, 2.75) is 33.2 Å². The van der Waals surface area contributed by atoms with E-state index in [2.05, 4.69) is 48.4 Å². The maximum absolute atomic E-state index is 4.21. The van der Waals surface area contributed by atoms with E-state index in [9.17, 15) is 0 Å². The van der Waals surface area contributed by atoms with Crippen molar-refractivity contribution in [1.29, 1.82) is 0 Å². The maximum Gasteiger partial charge on any atom is 0.0856 e. The second kappa shape index (κ2) is 4.92. The van der Waals surface area contributed by atoms with Gasteiger partial charge in [-0.2, -0.15) is 0 Å². The summed E-state index contributed by atoms with van der Waals surface area (Å²) in [6.07, 6.45) is 2.13. The van der Waals surface area contributed by atoms with Gasteiger partial charge in [0.2, 0.25) is 0 Å². The van der Waals surface area contributed by atoms with Crippen LogP contribution in [-0.2, 0) is 13.0 Å². The molecule has 0 fully saturated rings. The zero-order chi connectivity index (χ0) is 11.4. The summed E-state index contributed by atoms with van der Waals surface area (Å²) in [5.41, 5.74) is 3.57. The topological polar surface area (TPSA) is 30.7 Å². The van der Waals surface area contributed by atoms with E-state index in [0.29, 0.717) is 0 Å². The van der Waals surface area contributed by atoms with Gasteiger partial charge in [0.25, 0.3) is 0 Å². The number of hydrogen-bond donors (Lipinski definition) is 0. The molecule has 1 aromatic carbocycles. The van der Waals surface area contributed by atoms with Crippen LogP contribution in [0.5, 0.6) is 0 Å². The molecule has 0 bridgehead atoms. The van der Waals surface area contributed by atoms with Gasteiger partial charge in [-0.15, -0.1) is 5.10 Å². The summed E-state index contributed by atoms with van der Waals surface area (Å²) in [6.45, 7) is 5.06. The van der Waals surface area contributed by atoms with Crippen LogP contribution in [0.4, 0.5) is 0 Å². The number of nitrogens with zero attached hydrogens (tertiary/aromatic N) is 3. The molecule has 0 atom stereocenters. The number of hydrogen-bond acceptors (Lipinski definition) is 2. The third-order valence-corrected chi connectivity index (χ3v) is 2.74. The number of rotatable bonds is 4. The second-order valence-electron chi connectivity index (χ2n) is 4.01. The van der Waals surface area contributed by atoms with Crippen molar-refractivity contribution in [2.24, 2.45) is 0 Å². The first-order valence-electron chi connectivity index (χ1n) is 5.74. The predicted molar refractivity (Wildman–Crippen MR) is 64.3 cm³/mol. The summed E-state index contributed by atoms with van der Waals surface area (Å²) in [6, 6.07) is 10.4. The molecule has 3 nitrogen and oxygen atoms in total. The Morgan fingerprint density at radius 2 is 1.94 bits per heavy atom. The Labute approximate surface area is 96.1 Å². The molecule has 0 saturated carbocycles. The number of benzene rings is 1. The van der Waals surface area contributed by atoms with Crippen molar-refractivity contribution in [3.63, 3.8) is 0 Å². The Morgan fingerprint density at radius 1 is 1.19 bits per heavy atom. The average Bonchev–Trinajstić information content (AvgIpc) is 2.64. The van der Waals surface area contributed by atoms with Crippen LogP contribution >= 0.6 is 0 Å². The highest BCUT2D eigenvalue weighted by Gasteiger charge is 2.07. The number of aryl methyl sites for hydroxylation is 1. The van der Waals surface area contributed by atoms with Crippen LogP contribution < -0.4 is 0 Å². The first-order chi connectivity index (χ1) is 7.81.